The number of nitrogens with two attached hydrogens (primary N) is 1. The second kappa shape index (κ2) is 7.26. The fourth-order valence-electron chi connectivity index (χ4n) is 2.62. The molecule has 0 atom stereocenters. The Morgan fingerprint density at radius 2 is 2.00 bits per heavy atom. The van der Waals surface area contributed by atoms with Gasteiger partial charge < -0.3 is 9.64 Å². The molecular formula is C16H23N3O3. The summed E-state index contributed by atoms with van der Waals surface area (Å²) in [6.45, 7) is 5.02. The molecule has 1 heterocycles. The first-order valence-corrected chi connectivity index (χ1v) is 7.57. The number of rotatable bonds is 4. The minimum Gasteiger partial charge on any atom is -0.491 e. The SMILES string of the molecule is CC(C)Oc1cccc(C(=O)N2CCC(C(=O)NN)CC2)c1. The molecule has 1 aliphatic heterocycles. The third-order valence-corrected chi connectivity index (χ3v) is 3.75. The van der Waals surface area contributed by atoms with Gasteiger partial charge in [-0.25, -0.2) is 5.84 Å². The normalized spacial score (nSPS) is 15.7. The maximum atomic E-state index is 12.5. The molecule has 6 nitrogen and oxygen atoms in total. The van der Waals surface area contributed by atoms with Crippen molar-refractivity contribution in [3.05, 3.63) is 29.8 Å². The number of nitrogens with zero attached hydrogens (tertiary/aromatic N) is 1. The average Bonchev–Trinajstić information content (AvgIpc) is 2.53. The predicted molar refractivity (Wildman–Crippen MR) is 83.2 cm³/mol. The molecule has 0 saturated carbocycles. The quantitative estimate of drug-likeness (QED) is 0.499. The molecule has 2 amide bonds. The zero-order valence-corrected chi connectivity index (χ0v) is 13.0. The molecule has 0 bridgehead atoms. The summed E-state index contributed by atoms with van der Waals surface area (Å²) in [5.41, 5.74) is 2.79. The van der Waals surface area contributed by atoms with Crippen LogP contribution in [0, 0.1) is 5.92 Å². The number of hydrazine groups is 1. The van der Waals surface area contributed by atoms with E-state index in [0.717, 1.165) is 0 Å². The van der Waals surface area contributed by atoms with E-state index in [4.69, 9.17) is 10.6 Å². The molecule has 2 rings (SSSR count). The van der Waals surface area contributed by atoms with Crippen molar-refractivity contribution in [2.75, 3.05) is 13.1 Å². The highest BCUT2D eigenvalue weighted by Crippen LogP contribution is 2.21. The van der Waals surface area contributed by atoms with Gasteiger partial charge in [-0.05, 0) is 44.9 Å². The molecule has 1 saturated heterocycles. The topological polar surface area (TPSA) is 84.7 Å². The van der Waals surface area contributed by atoms with E-state index in [-0.39, 0.29) is 23.8 Å². The van der Waals surface area contributed by atoms with E-state index in [1.54, 1.807) is 17.0 Å². The largest absolute Gasteiger partial charge is 0.491 e. The molecule has 0 radical (unpaired) electrons. The molecule has 22 heavy (non-hydrogen) atoms. The molecule has 1 aliphatic rings. The van der Waals surface area contributed by atoms with Crippen LogP contribution in [0.25, 0.3) is 0 Å². The number of likely N-dealkylation sites (tertiary alicyclic amines) is 1. The number of nitrogens with one attached hydrogen (secondary N) is 1. The van der Waals surface area contributed by atoms with Crippen LogP contribution in [0.2, 0.25) is 0 Å². The van der Waals surface area contributed by atoms with Crippen molar-refractivity contribution in [3.63, 3.8) is 0 Å². The van der Waals surface area contributed by atoms with Gasteiger partial charge in [-0.15, -0.1) is 0 Å². The monoisotopic (exact) mass is 305 g/mol. The van der Waals surface area contributed by atoms with Crippen LogP contribution in [0.15, 0.2) is 24.3 Å². The van der Waals surface area contributed by atoms with Gasteiger partial charge in [-0.3, -0.25) is 15.0 Å². The van der Waals surface area contributed by atoms with Crippen molar-refractivity contribution in [2.24, 2.45) is 11.8 Å². The molecular weight excluding hydrogens is 282 g/mol. The molecule has 3 N–H and O–H groups in total. The Morgan fingerprint density at radius 3 is 2.59 bits per heavy atom. The number of carbonyl (C=O) groups is 2. The Hall–Kier alpha value is -2.08. The van der Waals surface area contributed by atoms with Crippen molar-refractivity contribution in [3.8, 4) is 5.75 Å². The summed E-state index contributed by atoms with van der Waals surface area (Å²) in [4.78, 5) is 25.8. The number of ether oxygens (including phenoxy) is 1. The van der Waals surface area contributed by atoms with Crippen molar-refractivity contribution < 1.29 is 14.3 Å². The summed E-state index contributed by atoms with van der Waals surface area (Å²) < 4.78 is 5.62. The Kier molecular flexibility index (Phi) is 5.38. The lowest BCUT2D eigenvalue weighted by atomic mass is 9.95. The lowest BCUT2D eigenvalue weighted by molar-refractivity contribution is -0.126. The molecule has 0 aromatic heterocycles. The lowest BCUT2D eigenvalue weighted by Gasteiger charge is -2.31. The summed E-state index contributed by atoms with van der Waals surface area (Å²) in [5.74, 6) is 5.56. The van der Waals surface area contributed by atoms with Gasteiger partial charge in [0.15, 0.2) is 0 Å². The predicted octanol–water partition coefficient (Wildman–Crippen LogP) is 1.32. The Balaban J connectivity index is 1.99. The van der Waals surface area contributed by atoms with E-state index in [9.17, 15) is 9.59 Å². The van der Waals surface area contributed by atoms with E-state index < -0.39 is 0 Å². The summed E-state index contributed by atoms with van der Waals surface area (Å²) >= 11 is 0. The van der Waals surface area contributed by atoms with Crippen LogP contribution in [0.1, 0.15) is 37.0 Å². The first kappa shape index (κ1) is 16.3. The standard InChI is InChI=1S/C16H23N3O3/c1-11(2)22-14-5-3-4-13(10-14)16(21)19-8-6-12(7-9-19)15(20)18-17/h3-5,10-12H,6-9,17H2,1-2H3,(H,18,20). The highest BCUT2D eigenvalue weighted by molar-refractivity contribution is 5.94. The third-order valence-electron chi connectivity index (χ3n) is 3.75. The van der Waals surface area contributed by atoms with Crippen LogP contribution in [-0.4, -0.2) is 35.9 Å². The van der Waals surface area contributed by atoms with Gasteiger partial charge in [-0.1, -0.05) is 6.07 Å². The number of hydrogen-bond acceptors (Lipinski definition) is 4. The van der Waals surface area contributed by atoms with Crippen LogP contribution in [0.5, 0.6) is 5.75 Å². The molecule has 0 aliphatic carbocycles. The van der Waals surface area contributed by atoms with Gasteiger partial charge in [0.1, 0.15) is 5.75 Å². The fourth-order valence-corrected chi connectivity index (χ4v) is 2.62. The summed E-state index contributed by atoms with van der Waals surface area (Å²) in [7, 11) is 0. The minimum absolute atomic E-state index is 0.0270. The molecule has 6 heteroatoms. The van der Waals surface area contributed by atoms with Crippen LogP contribution < -0.4 is 16.0 Å². The van der Waals surface area contributed by atoms with Crippen LogP contribution in [-0.2, 0) is 4.79 Å². The van der Waals surface area contributed by atoms with Gasteiger partial charge >= 0.3 is 0 Å². The molecule has 1 aromatic rings. The third kappa shape index (κ3) is 3.98. The van der Waals surface area contributed by atoms with Crippen molar-refractivity contribution in [2.45, 2.75) is 32.8 Å². The number of benzene rings is 1. The molecule has 1 fully saturated rings. The van der Waals surface area contributed by atoms with Crippen molar-refractivity contribution in [1.82, 2.24) is 10.3 Å². The second-order valence-corrected chi connectivity index (χ2v) is 5.77. The summed E-state index contributed by atoms with van der Waals surface area (Å²) in [5, 5.41) is 0. The van der Waals surface area contributed by atoms with Gasteiger partial charge in [0.05, 0.1) is 6.10 Å². The number of carbonyl (C=O) groups excluding carboxylic acids is 2. The minimum atomic E-state index is -0.153. The number of piperidine rings is 1. The zero-order chi connectivity index (χ0) is 16.1. The average molecular weight is 305 g/mol. The van der Waals surface area contributed by atoms with Crippen molar-refractivity contribution in [1.29, 1.82) is 0 Å². The maximum absolute atomic E-state index is 12.5. The van der Waals surface area contributed by atoms with Gasteiger partial charge in [-0.2, -0.15) is 0 Å². The highest BCUT2D eigenvalue weighted by Gasteiger charge is 2.27. The number of amides is 2. The van der Waals surface area contributed by atoms with E-state index in [2.05, 4.69) is 5.43 Å². The maximum Gasteiger partial charge on any atom is 0.253 e. The smallest absolute Gasteiger partial charge is 0.253 e. The van der Waals surface area contributed by atoms with E-state index in [1.165, 1.54) is 0 Å². The van der Waals surface area contributed by atoms with E-state index in [0.29, 0.717) is 37.2 Å². The summed E-state index contributed by atoms with van der Waals surface area (Å²) in [6, 6.07) is 7.21. The number of hydrogen-bond donors (Lipinski definition) is 2. The van der Waals surface area contributed by atoms with E-state index >= 15 is 0 Å². The van der Waals surface area contributed by atoms with Crippen LogP contribution >= 0.6 is 0 Å². The molecule has 120 valence electrons. The zero-order valence-electron chi connectivity index (χ0n) is 13.0. The molecule has 1 aromatic carbocycles. The van der Waals surface area contributed by atoms with Gasteiger partial charge in [0.25, 0.3) is 5.91 Å². The highest BCUT2D eigenvalue weighted by atomic mass is 16.5. The van der Waals surface area contributed by atoms with Crippen molar-refractivity contribution >= 4 is 11.8 Å². The first-order valence-electron chi connectivity index (χ1n) is 7.57. The van der Waals surface area contributed by atoms with Crippen LogP contribution in [0.4, 0.5) is 0 Å². The summed E-state index contributed by atoms with van der Waals surface area (Å²) in [6.07, 6.45) is 1.34. The fraction of sp³-hybridized carbons (Fsp3) is 0.500. The van der Waals surface area contributed by atoms with E-state index in [1.807, 2.05) is 26.0 Å². The molecule has 0 spiro atoms. The lowest BCUT2D eigenvalue weighted by Crippen LogP contribution is -2.44. The van der Waals surface area contributed by atoms with Gasteiger partial charge in [0.2, 0.25) is 5.91 Å². The first-order chi connectivity index (χ1) is 10.5. The molecule has 0 unspecified atom stereocenters. The second-order valence-electron chi connectivity index (χ2n) is 5.77. The Labute approximate surface area is 130 Å². The van der Waals surface area contributed by atoms with Crippen LogP contribution in [0.3, 0.4) is 0 Å². The Morgan fingerprint density at radius 1 is 1.32 bits per heavy atom. The Bertz CT molecular complexity index is 537. The van der Waals surface area contributed by atoms with Gasteiger partial charge in [0, 0.05) is 24.6 Å².